The molecule has 1 amide bonds. The number of fused-ring (bicyclic) bond motifs is 1. The molecule has 0 saturated carbocycles. The topological polar surface area (TPSA) is 119 Å². The molecule has 0 bridgehead atoms. The lowest BCUT2D eigenvalue weighted by molar-refractivity contribution is -0.122. The highest BCUT2D eigenvalue weighted by Gasteiger charge is 2.27. The lowest BCUT2D eigenvalue weighted by Gasteiger charge is -2.19. The zero-order valence-electron chi connectivity index (χ0n) is 20.8. The minimum Gasteiger partial charge on any atom is -0.351 e. The molecule has 2 N–H and O–H groups in total. The average molecular weight is 521 g/mol. The minimum absolute atomic E-state index is 0.0795. The SMILES string of the molecule is Cc1ccc(CNC(=O)C(Cc2ccccc2)NS(=O)(=O)c2ccc3c(c2)c(=O)n(C)c(=O)n3C)cc1. The van der Waals surface area contributed by atoms with E-state index in [4.69, 9.17) is 0 Å². The van der Waals surface area contributed by atoms with Crippen molar-refractivity contribution in [2.24, 2.45) is 14.1 Å². The van der Waals surface area contributed by atoms with Gasteiger partial charge in [0.15, 0.2) is 0 Å². The van der Waals surface area contributed by atoms with Crippen molar-refractivity contribution in [1.29, 1.82) is 0 Å². The van der Waals surface area contributed by atoms with Crippen molar-refractivity contribution in [2.45, 2.75) is 30.8 Å². The standard InChI is InChI=1S/C27H28N4O5S/c1-18-9-11-20(12-10-18)17-28-25(32)23(15-19-7-5-4-6-8-19)29-37(35,36)21-13-14-24-22(16-21)26(33)31(3)27(34)30(24)2/h4-14,16,23,29H,15,17H2,1-3H3,(H,28,32). The number of aryl methyl sites for hydroxylation is 2. The number of hydrogen-bond acceptors (Lipinski definition) is 5. The van der Waals surface area contributed by atoms with E-state index in [1.54, 1.807) is 0 Å². The first-order valence-electron chi connectivity index (χ1n) is 11.7. The van der Waals surface area contributed by atoms with E-state index in [0.717, 1.165) is 21.3 Å². The summed E-state index contributed by atoms with van der Waals surface area (Å²) >= 11 is 0. The van der Waals surface area contributed by atoms with Gasteiger partial charge in [0.05, 0.1) is 15.8 Å². The number of amides is 1. The van der Waals surface area contributed by atoms with Crippen molar-refractivity contribution in [3.63, 3.8) is 0 Å². The van der Waals surface area contributed by atoms with Crippen LogP contribution in [-0.2, 0) is 41.9 Å². The number of nitrogens with one attached hydrogen (secondary N) is 2. The Bertz CT molecular complexity index is 1670. The Labute approximate surface area is 214 Å². The number of carbonyl (C=O) groups excluding carboxylic acids is 1. The summed E-state index contributed by atoms with van der Waals surface area (Å²) in [6, 6.07) is 19.6. The first-order valence-corrected chi connectivity index (χ1v) is 13.1. The summed E-state index contributed by atoms with van der Waals surface area (Å²) < 4.78 is 31.5. The van der Waals surface area contributed by atoms with Gasteiger partial charge in [-0.15, -0.1) is 0 Å². The molecule has 10 heteroatoms. The molecular formula is C27H28N4O5S. The van der Waals surface area contributed by atoms with Crippen LogP contribution in [0.3, 0.4) is 0 Å². The molecule has 1 aromatic heterocycles. The third kappa shape index (κ3) is 5.71. The number of hydrogen-bond donors (Lipinski definition) is 2. The fraction of sp³-hybridized carbons (Fsp3) is 0.222. The van der Waals surface area contributed by atoms with Crippen molar-refractivity contribution < 1.29 is 13.2 Å². The summed E-state index contributed by atoms with van der Waals surface area (Å²) in [6.07, 6.45) is 0.129. The van der Waals surface area contributed by atoms with Crippen LogP contribution in [0.25, 0.3) is 10.9 Å². The molecule has 0 aliphatic heterocycles. The molecule has 0 aliphatic carbocycles. The van der Waals surface area contributed by atoms with Crippen molar-refractivity contribution in [3.05, 3.63) is 110 Å². The van der Waals surface area contributed by atoms with Gasteiger partial charge in [-0.1, -0.05) is 60.2 Å². The van der Waals surface area contributed by atoms with Crippen LogP contribution in [0.5, 0.6) is 0 Å². The highest BCUT2D eigenvalue weighted by atomic mass is 32.2. The molecule has 9 nitrogen and oxygen atoms in total. The van der Waals surface area contributed by atoms with Crippen LogP contribution in [0.4, 0.5) is 0 Å². The zero-order chi connectivity index (χ0) is 26.7. The summed E-state index contributed by atoms with van der Waals surface area (Å²) in [6.45, 7) is 2.21. The molecular weight excluding hydrogens is 492 g/mol. The number of nitrogens with zero attached hydrogens (tertiary/aromatic N) is 2. The van der Waals surface area contributed by atoms with Crippen LogP contribution >= 0.6 is 0 Å². The number of aromatic nitrogens is 2. The van der Waals surface area contributed by atoms with Crippen LogP contribution in [0, 0.1) is 6.92 Å². The molecule has 0 fully saturated rings. The Kier molecular flexibility index (Phi) is 7.42. The summed E-state index contributed by atoms with van der Waals surface area (Å²) in [7, 11) is -1.37. The molecule has 1 unspecified atom stereocenters. The van der Waals surface area contributed by atoms with E-state index >= 15 is 0 Å². The molecule has 1 heterocycles. The van der Waals surface area contributed by atoms with Crippen molar-refractivity contribution in [3.8, 4) is 0 Å². The lowest BCUT2D eigenvalue weighted by atomic mass is 10.1. The molecule has 0 saturated heterocycles. The van der Waals surface area contributed by atoms with Crippen LogP contribution in [0.15, 0.2) is 87.3 Å². The second kappa shape index (κ2) is 10.5. The summed E-state index contributed by atoms with van der Waals surface area (Å²) in [5.74, 6) is -0.480. The Morgan fingerprint density at radius 3 is 2.24 bits per heavy atom. The normalized spacial score (nSPS) is 12.4. The van der Waals surface area contributed by atoms with Crippen LogP contribution in [0.1, 0.15) is 16.7 Å². The predicted molar refractivity (Wildman–Crippen MR) is 142 cm³/mol. The van der Waals surface area contributed by atoms with Gasteiger partial charge >= 0.3 is 5.69 Å². The fourth-order valence-electron chi connectivity index (χ4n) is 4.05. The summed E-state index contributed by atoms with van der Waals surface area (Å²) in [5, 5.41) is 2.89. The molecule has 0 aliphatic rings. The van der Waals surface area contributed by atoms with Gasteiger partial charge in [0.25, 0.3) is 5.56 Å². The molecule has 4 aromatic rings. The first-order chi connectivity index (χ1) is 17.6. The molecule has 37 heavy (non-hydrogen) atoms. The maximum absolute atomic E-state index is 13.4. The second-order valence-electron chi connectivity index (χ2n) is 8.95. The van der Waals surface area contributed by atoms with Gasteiger partial charge < -0.3 is 5.32 Å². The first kappa shape index (κ1) is 26.1. The number of benzene rings is 3. The third-order valence-corrected chi connectivity index (χ3v) is 7.70. The molecule has 1 atom stereocenters. The maximum atomic E-state index is 13.4. The van der Waals surface area contributed by atoms with Gasteiger partial charge in [-0.3, -0.25) is 18.7 Å². The van der Waals surface area contributed by atoms with Gasteiger partial charge in [-0.2, -0.15) is 4.72 Å². The average Bonchev–Trinajstić information content (AvgIpc) is 2.90. The van der Waals surface area contributed by atoms with E-state index in [1.165, 1.54) is 36.9 Å². The van der Waals surface area contributed by atoms with E-state index < -0.39 is 33.2 Å². The molecule has 0 radical (unpaired) electrons. The summed E-state index contributed by atoms with van der Waals surface area (Å²) in [5.41, 5.74) is 1.95. The van der Waals surface area contributed by atoms with Crippen molar-refractivity contribution in [2.75, 3.05) is 0 Å². The summed E-state index contributed by atoms with van der Waals surface area (Å²) in [4.78, 5) is 37.9. The van der Waals surface area contributed by atoms with E-state index in [-0.39, 0.29) is 23.2 Å². The smallest absolute Gasteiger partial charge is 0.330 e. The molecule has 192 valence electrons. The second-order valence-corrected chi connectivity index (χ2v) is 10.7. The van der Waals surface area contributed by atoms with E-state index in [2.05, 4.69) is 10.0 Å². The maximum Gasteiger partial charge on any atom is 0.330 e. The van der Waals surface area contributed by atoms with Crippen molar-refractivity contribution >= 4 is 26.8 Å². The van der Waals surface area contributed by atoms with Gasteiger partial charge in [0, 0.05) is 20.6 Å². The van der Waals surface area contributed by atoms with Crippen LogP contribution in [-0.4, -0.2) is 29.5 Å². The monoisotopic (exact) mass is 520 g/mol. The largest absolute Gasteiger partial charge is 0.351 e. The molecule has 0 spiro atoms. The van der Waals surface area contributed by atoms with Crippen LogP contribution < -0.4 is 21.3 Å². The minimum atomic E-state index is -4.20. The Balaban J connectivity index is 1.64. The highest BCUT2D eigenvalue weighted by molar-refractivity contribution is 7.89. The number of sulfonamides is 1. The van der Waals surface area contributed by atoms with Crippen molar-refractivity contribution in [1.82, 2.24) is 19.2 Å². The quantitative estimate of drug-likeness (QED) is 0.367. The molecule has 4 rings (SSSR count). The molecule has 3 aromatic carbocycles. The lowest BCUT2D eigenvalue weighted by Crippen LogP contribution is -2.47. The Morgan fingerprint density at radius 1 is 0.892 bits per heavy atom. The van der Waals surface area contributed by atoms with Gasteiger partial charge in [0.2, 0.25) is 15.9 Å². The van der Waals surface area contributed by atoms with Crippen LogP contribution in [0.2, 0.25) is 0 Å². The van der Waals surface area contributed by atoms with E-state index in [1.807, 2.05) is 61.5 Å². The third-order valence-electron chi connectivity index (χ3n) is 6.23. The van der Waals surface area contributed by atoms with E-state index in [0.29, 0.717) is 5.52 Å². The highest BCUT2D eigenvalue weighted by Crippen LogP contribution is 2.17. The van der Waals surface area contributed by atoms with Gasteiger partial charge in [-0.05, 0) is 42.7 Å². The van der Waals surface area contributed by atoms with Gasteiger partial charge in [-0.25, -0.2) is 13.2 Å². The Morgan fingerprint density at radius 2 is 1.57 bits per heavy atom. The van der Waals surface area contributed by atoms with E-state index in [9.17, 15) is 22.8 Å². The number of carbonyl (C=O) groups is 1. The fourth-order valence-corrected chi connectivity index (χ4v) is 5.27. The Hall–Kier alpha value is -4.02. The predicted octanol–water partition coefficient (Wildman–Crippen LogP) is 1.75. The number of rotatable bonds is 8. The zero-order valence-corrected chi connectivity index (χ0v) is 21.6. The van der Waals surface area contributed by atoms with Gasteiger partial charge in [0.1, 0.15) is 6.04 Å².